The highest BCUT2D eigenvalue weighted by Crippen LogP contribution is 2.24. The SMILES string of the molecule is CNc1ccncc1S(=O)(=O)Nc1cccc(F)c1C. The summed E-state index contributed by atoms with van der Waals surface area (Å²) in [6.07, 6.45) is 2.72. The molecule has 0 unspecified atom stereocenters. The van der Waals surface area contributed by atoms with Gasteiger partial charge in [-0.15, -0.1) is 0 Å². The number of halogens is 1. The molecule has 2 rings (SSSR count). The number of benzene rings is 1. The van der Waals surface area contributed by atoms with Gasteiger partial charge in [-0.05, 0) is 25.1 Å². The fourth-order valence-electron chi connectivity index (χ4n) is 1.72. The van der Waals surface area contributed by atoms with Gasteiger partial charge in [0.05, 0.1) is 11.4 Å². The first-order chi connectivity index (χ1) is 9.45. The van der Waals surface area contributed by atoms with Gasteiger partial charge in [0.25, 0.3) is 10.0 Å². The third-order valence-electron chi connectivity index (χ3n) is 2.86. The predicted molar refractivity (Wildman–Crippen MR) is 75.7 cm³/mol. The maximum Gasteiger partial charge on any atom is 0.265 e. The van der Waals surface area contributed by atoms with Crippen LogP contribution in [0.4, 0.5) is 15.8 Å². The lowest BCUT2D eigenvalue weighted by atomic mass is 10.2. The molecule has 2 N–H and O–H groups in total. The van der Waals surface area contributed by atoms with Crippen molar-refractivity contribution in [1.29, 1.82) is 0 Å². The molecule has 0 aliphatic carbocycles. The Bertz CT molecular complexity index is 732. The van der Waals surface area contributed by atoms with E-state index in [-0.39, 0.29) is 16.1 Å². The number of rotatable bonds is 4. The Morgan fingerprint density at radius 3 is 2.65 bits per heavy atom. The predicted octanol–water partition coefficient (Wildman–Crippen LogP) is 2.37. The van der Waals surface area contributed by atoms with Crippen molar-refractivity contribution >= 4 is 21.4 Å². The van der Waals surface area contributed by atoms with E-state index in [1.807, 2.05) is 0 Å². The highest BCUT2D eigenvalue weighted by molar-refractivity contribution is 7.92. The second-order valence-corrected chi connectivity index (χ2v) is 5.79. The lowest BCUT2D eigenvalue weighted by molar-refractivity contribution is 0.600. The van der Waals surface area contributed by atoms with Crippen LogP contribution in [-0.2, 0) is 10.0 Å². The zero-order valence-corrected chi connectivity index (χ0v) is 11.8. The second-order valence-electron chi connectivity index (χ2n) is 4.14. The van der Waals surface area contributed by atoms with Crippen molar-refractivity contribution in [2.24, 2.45) is 0 Å². The summed E-state index contributed by atoms with van der Waals surface area (Å²) in [6.45, 7) is 1.51. The molecular formula is C13H14FN3O2S. The van der Waals surface area contributed by atoms with Crippen LogP contribution in [0.15, 0.2) is 41.6 Å². The Morgan fingerprint density at radius 2 is 1.95 bits per heavy atom. The lowest BCUT2D eigenvalue weighted by Crippen LogP contribution is -2.16. The molecule has 1 aromatic carbocycles. The fraction of sp³-hybridized carbons (Fsp3) is 0.154. The van der Waals surface area contributed by atoms with Gasteiger partial charge in [-0.3, -0.25) is 9.71 Å². The molecule has 5 nitrogen and oxygen atoms in total. The van der Waals surface area contributed by atoms with E-state index in [1.54, 1.807) is 13.1 Å². The van der Waals surface area contributed by atoms with Gasteiger partial charge in [-0.2, -0.15) is 0 Å². The number of hydrogen-bond donors (Lipinski definition) is 2. The summed E-state index contributed by atoms with van der Waals surface area (Å²) in [5, 5.41) is 2.78. The molecule has 0 bridgehead atoms. The normalized spacial score (nSPS) is 11.2. The summed E-state index contributed by atoms with van der Waals surface area (Å²) < 4.78 is 40.5. The molecule has 106 valence electrons. The molecule has 0 aliphatic heterocycles. The summed E-state index contributed by atoms with van der Waals surface area (Å²) >= 11 is 0. The zero-order chi connectivity index (χ0) is 14.8. The molecule has 0 fully saturated rings. The van der Waals surface area contributed by atoms with Crippen molar-refractivity contribution in [1.82, 2.24) is 4.98 Å². The molecule has 0 atom stereocenters. The average molecular weight is 295 g/mol. The van der Waals surface area contributed by atoms with E-state index in [0.717, 1.165) is 0 Å². The van der Waals surface area contributed by atoms with E-state index >= 15 is 0 Å². The quantitative estimate of drug-likeness (QED) is 0.908. The van der Waals surface area contributed by atoms with E-state index in [1.165, 1.54) is 37.5 Å². The van der Waals surface area contributed by atoms with E-state index in [4.69, 9.17) is 0 Å². The maximum atomic E-state index is 13.4. The lowest BCUT2D eigenvalue weighted by Gasteiger charge is -2.13. The Morgan fingerprint density at radius 1 is 1.20 bits per heavy atom. The molecular weight excluding hydrogens is 281 g/mol. The molecule has 2 aromatic rings. The fourth-order valence-corrected chi connectivity index (χ4v) is 3.00. The topological polar surface area (TPSA) is 71.1 Å². The van der Waals surface area contributed by atoms with Gasteiger partial charge in [-0.1, -0.05) is 6.07 Å². The largest absolute Gasteiger partial charge is 0.387 e. The number of nitrogens with one attached hydrogen (secondary N) is 2. The zero-order valence-electron chi connectivity index (χ0n) is 11.0. The summed E-state index contributed by atoms with van der Waals surface area (Å²) in [4.78, 5) is 3.81. The van der Waals surface area contributed by atoms with Gasteiger partial charge in [0.1, 0.15) is 10.7 Å². The number of aromatic nitrogens is 1. The van der Waals surface area contributed by atoms with Crippen molar-refractivity contribution in [3.8, 4) is 0 Å². The Hall–Kier alpha value is -2.15. The van der Waals surface area contributed by atoms with Gasteiger partial charge in [0.15, 0.2) is 0 Å². The Kier molecular flexibility index (Phi) is 3.89. The van der Waals surface area contributed by atoms with Crippen molar-refractivity contribution in [2.75, 3.05) is 17.1 Å². The van der Waals surface area contributed by atoms with E-state index in [0.29, 0.717) is 5.69 Å². The number of anilines is 2. The van der Waals surface area contributed by atoms with Crippen LogP contribution in [0.2, 0.25) is 0 Å². The summed E-state index contributed by atoms with van der Waals surface area (Å²) in [5.74, 6) is -0.467. The third-order valence-corrected chi connectivity index (χ3v) is 4.25. The van der Waals surface area contributed by atoms with Crippen molar-refractivity contribution in [3.63, 3.8) is 0 Å². The van der Waals surface area contributed by atoms with E-state index in [9.17, 15) is 12.8 Å². The van der Waals surface area contributed by atoms with E-state index in [2.05, 4.69) is 15.0 Å². The summed E-state index contributed by atoms with van der Waals surface area (Å²) in [6, 6.07) is 5.77. The van der Waals surface area contributed by atoms with Crippen LogP contribution < -0.4 is 10.0 Å². The standard InChI is InChI=1S/C13H14FN3O2S/c1-9-10(14)4-3-5-11(9)17-20(18,19)13-8-16-7-6-12(13)15-2/h3-8,17H,1-2H3,(H,15,16). The highest BCUT2D eigenvalue weighted by atomic mass is 32.2. The molecule has 0 amide bonds. The minimum atomic E-state index is -3.84. The maximum absolute atomic E-state index is 13.4. The van der Waals surface area contributed by atoms with Crippen LogP contribution in [0, 0.1) is 12.7 Å². The van der Waals surface area contributed by atoms with E-state index < -0.39 is 15.8 Å². The van der Waals surface area contributed by atoms with Gasteiger partial charge < -0.3 is 5.32 Å². The highest BCUT2D eigenvalue weighted by Gasteiger charge is 2.19. The van der Waals surface area contributed by atoms with Crippen molar-refractivity contribution in [3.05, 3.63) is 48.0 Å². The number of hydrogen-bond acceptors (Lipinski definition) is 4. The van der Waals surface area contributed by atoms with Crippen LogP contribution >= 0.6 is 0 Å². The molecule has 1 aromatic heterocycles. The van der Waals surface area contributed by atoms with Crippen LogP contribution in [0.3, 0.4) is 0 Å². The molecule has 20 heavy (non-hydrogen) atoms. The monoisotopic (exact) mass is 295 g/mol. The third kappa shape index (κ3) is 2.72. The molecule has 0 aliphatic rings. The van der Waals surface area contributed by atoms with Crippen LogP contribution in [0.1, 0.15) is 5.56 Å². The van der Waals surface area contributed by atoms with Crippen LogP contribution in [0.5, 0.6) is 0 Å². The van der Waals surface area contributed by atoms with Gasteiger partial charge in [0, 0.05) is 25.0 Å². The summed E-state index contributed by atoms with van der Waals surface area (Å²) in [5.41, 5.74) is 0.864. The van der Waals surface area contributed by atoms with Gasteiger partial charge in [-0.25, -0.2) is 12.8 Å². The average Bonchev–Trinajstić information content (AvgIpc) is 2.43. The summed E-state index contributed by atoms with van der Waals surface area (Å²) in [7, 11) is -2.22. The van der Waals surface area contributed by atoms with Gasteiger partial charge >= 0.3 is 0 Å². The van der Waals surface area contributed by atoms with Crippen molar-refractivity contribution in [2.45, 2.75) is 11.8 Å². The van der Waals surface area contributed by atoms with Crippen LogP contribution in [-0.4, -0.2) is 20.4 Å². The van der Waals surface area contributed by atoms with Crippen molar-refractivity contribution < 1.29 is 12.8 Å². The van der Waals surface area contributed by atoms with Crippen LogP contribution in [0.25, 0.3) is 0 Å². The number of pyridine rings is 1. The molecule has 0 spiro atoms. The molecule has 1 heterocycles. The Labute approximate surface area is 116 Å². The Balaban J connectivity index is 2.44. The minimum Gasteiger partial charge on any atom is -0.387 e. The second kappa shape index (κ2) is 5.46. The minimum absolute atomic E-state index is 0.00570. The number of sulfonamides is 1. The smallest absolute Gasteiger partial charge is 0.265 e. The molecule has 0 radical (unpaired) electrons. The van der Waals surface area contributed by atoms with Gasteiger partial charge in [0.2, 0.25) is 0 Å². The molecule has 7 heteroatoms. The molecule has 0 saturated heterocycles. The number of nitrogens with zero attached hydrogens (tertiary/aromatic N) is 1. The first-order valence-corrected chi connectivity index (χ1v) is 7.33. The first kappa shape index (κ1) is 14.3. The first-order valence-electron chi connectivity index (χ1n) is 5.85. The molecule has 0 saturated carbocycles.